The summed E-state index contributed by atoms with van der Waals surface area (Å²) in [5.41, 5.74) is 1.45. The summed E-state index contributed by atoms with van der Waals surface area (Å²) in [5, 5.41) is 3.69. The minimum atomic E-state index is 0.709. The normalized spacial score (nSPS) is 29.3. The van der Waals surface area contributed by atoms with Crippen molar-refractivity contribution in [3.8, 4) is 5.75 Å². The number of nitrogens with one attached hydrogen (secondary N) is 1. The van der Waals surface area contributed by atoms with Crippen LogP contribution in [-0.2, 0) is 0 Å². The minimum absolute atomic E-state index is 0.709. The Morgan fingerprint density at radius 2 is 2.00 bits per heavy atom. The van der Waals surface area contributed by atoms with Gasteiger partial charge in [-0.1, -0.05) is 44.4 Å². The number of benzene rings is 1. The fraction of sp³-hybridized carbons (Fsp3) is 0.684. The van der Waals surface area contributed by atoms with Crippen molar-refractivity contribution in [3.05, 3.63) is 29.8 Å². The second kappa shape index (κ2) is 7.31. The van der Waals surface area contributed by atoms with Crippen LogP contribution in [-0.4, -0.2) is 19.2 Å². The summed E-state index contributed by atoms with van der Waals surface area (Å²) < 4.78 is 5.81. The third-order valence-electron chi connectivity index (χ3n) is 5.23. The number of para-hydroxylation sites is 1. The van der Waals surface area contributed by atoms with Gasteiger partial charge in [0, 0.05) is 6.04 Å². The quantitative estimate of drug-likeness (QED) is 0.823. The lowest BCUT2D eigenvalue weighted by molar-refractivity contribution is 0.244. The molecule has 0 aromatic heterocycles. The Morgan fingerprint density at radius 1 is 1.14 bits per heavy atom. The van der Waals surface area contributed by atoms with Crippen LogP contribution in [0.2, 0.25) is 0 Å². The van der Waals surface area contributed by atoms with E-state index in [0.717, 1.165) is 30.9 Å². The highest BCUT2D eigenvalue weighted by Gasteiger charge is 2.26. The molecule has 1 heterocycles. The molecule has 1 aliphatic heterocycles. The highest BCUT2D eigenvalue weighted by Crippen LogP contribution is 2.40. The smallest absolute Gasteiger partial charge is 0.122 e. The summed E-state index contributed by atoms with van der Waals surface area (Å²) in [5.74, 6) is 2.72. The van der Waals surface area contributed by atoms with E-state index in [1.807, 2.05) is 0 Å². The molecule has 1 aromatic carbocycles. The largest absolute Gasteiger partial charge is 0.493 e. The van der Waals surface area contributed by atoms with Gasteiger partial charge in [0.05, 0.1) is 6.61 Å². The Hall–Kier alpha value is -1.02. The predicted octanol–water partition coefficient (Wildman–Crippen LogP) is 4.50. The van der Waals surface area contributed by atoms with Crippen LogP contribution in [0.25, 0.3) is 0 Å². The van der Waals surface area contributed by atoms with Gasteiger partial charge in [-0.25, -0.2) is 0 Å². The van der Waals surface area contributed by atoms with E-state index in [-0.39, 0.29) is 0 Å². The number of hydrogen-bond donors (Lipinski definition) is 1. The number of hydrogen-bond acceptors (Lipinski definition) is 2. The molecule has 3 unspecified atom stereocenters. The fourth-order valence-electron chi connectivity index (χ4n) is 4.21. The summed E-state index contributed by atoms with van der Waals surface area (Å²) in [7, 11) is 0. The van der Waals surface area contributed by atoms with Crippen LogP contribution in [0.3, 0.4) is 0 Å². The summed E-state index contributed by atoms with van der Waals surface area (Å²) in [6.07, 6.45) is 9.51. The van der Waals surface area contributed by atoms with Crippen molar-refractivity contribution >= 4 is 0 Å². The monoisotopic (exact) mass is 287 g/mol. The van der Waals surface area contributed by atoms with Crippen molar-refractivity contribution in [3.63, 3.8) is 0 Å². The van der Waals surface area contributed by atoms with Gasteiger partial charge in [0.25, 0.3) is 0 Å². The van der Waals surface area contributed by atoms with E-state index in [1.165, 1.54) is 50.5 Å². The molecular formula is C19H29NO. The third kappa shape index (κ3) is 3.79. The first-order valence-corrected chi connectivity index (χ1v) is 8.82. The van der Waals surface area contributed by atoms with Crippen molar-refractivity contribution in [1.82, 2.24) is 5.32 Å². The molecule has 2 aliphatic rings. The van der Waals surface area contributed by atoms with Gasteiger partial charge in [-0.3, -0.25) is 0 Å². The molecule has 3 atom stereocenters. The Balaban J connectivity index is 1.65. The molecule has 1 N–H and O–H groups in total. The topological polar surface area (TPSA) is 21.3 Å². The standard InChI is InChI=1S/C19H29NO/c1-2-20-17-8-4-3-7-15(14-17)13-16-11-12-21-19-10-6-5-9-18(16)19/h5-6,9-10,15-17,20H,2-4,7-8,11-14H2,1H3. The van der Waals surface area contributed by atoms with E-state index in [9.17, 15) is 0 Å². The van der Waals surface area contributed by atoms with Gasteiger partial charge < -0.3 is 10.1 Å². The second-order valence-corrected chi connectivity index (χ2v) is 6.75. The lowest BCUT2D eigenvalue weighted by Crippen LogP contribution is -2.30. The zero-order chi connectivity index (χ0) is 14.5. The maximum Gasteiger partial charge on any atom is 0.122 e. The van der Waals surface area contributed by atoms with Gasteiger partial charge in [0.2, 0.25) is 0 Å². The van der Waals surface area contributed by atoms with Crippen LogP contribution >= 0.6 is 0 Å². The van der Waals surface area contributed by atoms with Crippen LogP contribution in [0.15, 0.2) is 24.3 Å². The van der Waals surface area contributed by atoms with E-state index >= 15 is 0 Å². The third-order valence-corrected chi connectivity index (χ3v) is 5.23. The highest BCUT2D eigenvalue weighted by atomic mass is 16.5. The van der Waals surface area contributed by atoms with E-state index in [4.69, 9.17) is 4.74 Å². The average Bonchev–Trinajstić information content (AvgIpc) is 2.73. The Morgan fingerprint density at radius 3 is 2.90 bits per heavy atom. The average molecular weight is 287 g/mol. The highest BCUT2D eigenvalue weighted by molar-refractivity contribution is 5.37. The van der Waals surface area contributed by atoms with Crippen molar-refractivity contribution in [2.24, 2.45) is 5.92 Å². The zero-order valence-corrected chi connectivity index (χ0v) is 13.3. The van der Waals surface area contributed by atoms with E-state index in [1.54, 1.807) is 0 Å². The van der Waals surface area contributed by atoms with Crippen molar-refractivity contribution < 1.29 is 4.74 Å². The molecule has 2 heteroatoms. The first-order valence-electron chi connectivity index (χ1n) is 8.82. The SMILES string of the molecule is CCNC1CCCCC(CC2CCOc3ccccc32)C1. The van der Waals surface area contributed by atoms with Crippen molar-refractivity contribution in [2.45, 2.75) is 63.8 Å². The molecule has 21 heavy (non-hydrogen) atoms. The number of fused-ring (bicyclic) bond motifs is 1. The minimum Gasteiger partial charge on any atom is -0.493 e. The second-order valence-electron chi connectivity index (χ2n) is 6.75. The Bertz CT molecular complexity index is 445. The molecule has 1 fully saturated rings. The molecule has 0 amide bonds. The molecule has 0 radical (unpaired) electrons. The summed E-state index contributed by atoms with van der Waals surface area (Å²) in [6.45, 7) is 4.23. The molecule has 1 aliphatic carbocycles. The molecule has 3 rings (SSSR count). The van der Waals surface area contributed by atoms with E-state index < -0.39 is 0 Å². The van der Waals surface area contributed by atoms with Gasteiger partial charge in [0.1, 0.15) is 5.75 Å². The van der Waals surface area contributed by atoms with Crippen LogP contribution in [0.5, 0.6) is 5.75 Å². The molecule has 0 saturated heterocycles. The fourth-order valence-corrected chi connectivity index (χ4v) is 4.21. The molecule has 2 nitrogen and oxygen atoms in total. The maximum absolute atomic E-state index is 5.81. The first-order chi connectivity index (χ1) is 10.4. The van der Waals surface area contributed by atoms with Gasteiger partial charge in [-0.2, -0.15) is 0 Å². The van der Waals surface area contributed by atoms with Gasteiger partial charge >= 0.3 is 0 Å². The lowest BCUT2D eigenvalue weighted by Gasteiger charge is -2.30. The van der Waals surface area contributed by atoms with Crippen molar-refractivity contribution in [2.75, 3.05) is 13.2 Å². The molecule has 1 aromatic rings. The van der Waals surface area contributed by atoms with Gasteiger partial charge in [-0.15, -0.1) is 0 Å². The number of rotatable bonds is 4. The molecule has 0 bridgehead atoms. The predicted molar refractivity (Wildman–Crippen MR) is 88.0 cm³/mol. The van der Waals surface area contributed by atoms with Gasteiger partial charge in [-0.05, 0) is 55.7 Å². The van der Waals surface area contributed by atoms with Gasteiger partial charge in [0.15, 0.2) is 0 Å². The summed E-state index contributed by atoms with van der Waals surface area (Å²) in [4.78, 5) is 0. The van der Waals surface area contributed by atoms with Crippen molar-refractivity contribution in [1.29, 1.82) is 0 Å². The molecule has 0 spiro atoms. The van der Waals surface area contributed by atoms with E-state index in [2.05, 4.69) is 36.5 Å². The Kier molecular flexibility index (Phi) is 5.18. The molecule has 116 valence electrons. The van der Waals surface area contributed by atoms with E-state index in [0.29, 0.717) is 5.92 Å². The molecular weight excluding hydrogens is 258 g/mol. The van der Waals surface area contributed by atoms with Crippen LogP contribution < -0.4 is 10.1 Å². The zero-order valence-electron chi connectivity index (χ0n) is 13.3. The maximum atomic E-state index is 5.81. The first kappa shape index (κ1) is 14.9. The van der Waals surface area contributed by atoms with Crippen LogP contribution in [0.1, 0.15) is 63.4 Å². The van der Waals surface area contributed by atoms with Crippen LogP contribution in [0, 0.1) is 5.92 Å². The summed E-state index contributed by atoms with van der Waals surface area (Å²) >= 11 is 0. The Labute approximate surface area is 129 Å². The van der Waals surface area contributed by atoms with Crippen LogP contribution in [0.4, 0.5) is 0 Å². The molecule has 1 saturated carbocycles. The number of ether oxygens (including phenoxy) is 1. The summed E-state index contributed by atoms with van der Waals surface area (Å²) in [6, 6.07) is 9.41. The lowest BCUT2D eigenvalue weighted by atomic mass is 9.81.